The monoisotopic (exact) mass is 334 g/mol. The molecule has 0 bridgehead atoms. The summed E-state index contributed by atoms with van der Waals surface area (Å²) in [6.07, 6.45) is 0.618. The number of nitro groups is 1. The van der Waals surface area contributed by atoms with Gasteiger partial charge in [0.1, 0.15) is 0 Å². The lowest BCUT2D eigenvalue weighted by Crippen LogP contribution is -2.07. The van der Waals surface area contributed by atoms with E-state index in [0.717, 1.165) is 21.3 Å². The third kappa shape index (κ3) is 3.57. The number of nitrogens with zero attached hydrogens (tertiary/aromatic N) is 1. The van der Waals surface area contributed by atoms with Gasteiger partial charge < -0.3 is 5.32 Å². The summed E-state index contributed by atoms with van der Waals surface area (Å²) in [6.45, 7) is 2.69. The molecule has 0 spiro atoms. The molecule has 0 radical (unpaired) electrons. The summed E-state index contributed by atoms with van der Waals surface area (Å²) in [4.78, 5) is 10.6. The minimum atomic E-state index is -0.333. The quantitative estimate of drug-likeness (QED) is 0.654. The van der Waals surface area contributed by atoms with Crippen LogP contribution >= 0.6 is 15.9 Å². The second-order valence-corrected chi connectivity index (χ2v) is 5.44. The maximum absolute atomic E-state index is 10.9. The van der Waals surface area contributed by atoms with Crippen molar-refractivity contribution in [1.29, 1.82) is 0 Å². The summed E-state index contributed by atoms with van der Waals surface area (Å²) >= 11 is 3.42. The predicted molar refractivity (Wildman–Crippen MR) is 84.2 cm³/mol. The molecule has 0 aliphatic carbocycles. The van der Waals surface area contributed by atoms with Gasteiger partial charge in [-0.15, -0.1) is 0 Å². The Morgan fingerprint density at radius 1 is 1.25 bits per heavy atom. The molecule has 0 unspecified atom stereocenters. The van der Waals surface area contributed by atoms with E-state index in [1.165, 1.54) is 0 Å². The highest BCUT2D eigenvalue weighted by Crippen LogP contribution is 2.21. The first-order chi connectivity index (χ1) is 9.58. The fourth-order valence-electron chi connectivity index (χ4n) is 2.06. The van der Waals surface area contributed by atoms with Gasteiger partial charge in [-0.25, -0.2) is 0 Å². The molecule has 0 aromatic heterocycles. The number of hydrogen-bond donors (Lipinski definition) is 1. The minimum absolute atomic E-state index is 0.182. The SMILES string of the molecule is Cc1cc(Br)ccc1NCCc1ccccc1[N+](=O)[O-]. The number of anilines is 1. The van der Waals surface area contributed by atoms with Gasteiger partial charge in [-0.3, -0.25) is 10.1 Å². The van der Waals surface area contributed by atoms with Crippen molar-refractivity contribution < 1.29 is 4.92 Å². The summed E-state index contributed by atoms with van der Waals surface area (Å²) in [6, 6.07) is 12.9. The van der Waals surface area contributed by atoms with Crippen molar-refractivity contribution in [3.8, 4) is 0 Å². The topological polar surface area (TPSA) is 55.2 Å². The van der Waals surface area contributed by atoms with Crippen LogP contribution in [0.15, 0.2) is 46.9 Å². The summed E-state index contributed by atoms with van der Waals surface area (Å²) < 4.78 is 1.04. The molecule has 0 saturated heterocycles. The Balaban J connectivity index is 2.01. The average Bonchev–Trinajstić information content (AvgIpc) is 2.41. The summed E-state index contributed by atoms with van der Waals surface area (Å²) in [7, 11) is 0. The zero-order valence-electron chi connectivity index (χ0n) is 11.1. The Hall–Kier alpha value is -1.88. The molecule has 2 rings (SSSR count). The zero-order chi connectivity index (χ0) is 14.5. The molecule has 0 atom stereocenters. The Kier molecular flexibility index (Phi) is 4.74. The Labute approximate surface area is 126 Å². The number of benzene rings is 2. The number of aryl methyl sites for hydroxylation is 1. The first-order valence-corrected chi connectivity index (χ1v) is 7.09. The van der Waals surface area contributed by atoms with Crippen LogP contribution < -0.4 is 5.32 Å². The molecule has 20 heavy (non-hydrogen) atoms. The van der Waals surface area contributed by atoms with E-state index in [-0.39, 0.29) is 10.6 Å². The largest absolute Gasteiger partial charge is 0.384 e. The van der Waals surface area contributed by atoms with E-state index < -0.39 is 0 Å². The van der Waals surface area contributed by atoms with Crippen LogP contribution in [0.1, 0.15) is 11.1 Å². The number of rotatable bonds is 5. The second-order valence-electron chi connectivity index (χ2n) is 4.52. The standard InChI is InChI=1S/C15H15BrN2O2/c1-11-10-13(16)6-7-14(11)17-9-8-12-4-2-3-5-15(12)18(19)20/h2-7,10,17H,8-9H2,1H3. The van der Waals surface area contributed by atoms with E-state index in [1.54, 1.807) is 18.2 Å². The first kappa shape index (κ1) is 14.5. The molecule has 4 nitrogen and oxygen atoms in total. The molecule has 0 amide bonds. The van der Waals surface area contributed by atoms with Gasteiger partial charge in [0.05, 0.1) is 4.92 Å². The van der Waals surface area contributed by atoms with Crippen LogP contribution in [0.25, 0.3) is 0 Å². The second kappa shape index (κ2) is 6.52. The lowest BCUT2D eigenvalue weighted by molar-refractivity contribution is -0.385. The minimum Gasteiger partial charge on any atom is -0.384 e. The fourth-order valence-corrected chi connectivity index (χ4v) is 2.53. The summed E-state index contributed by atoms with van der Waals surface area (Å²) in [5.41, 5.74) is 3.12. The van der Waals surface area contributed by atoms with Gasteiger partial charge in [-0.2, -0.15) is 0 Å². The molecule has 5 heteroatoms. The number of halogens is 1. The summed E-state index contributed by atoms with van der Waals surface area (Å²) in [5.74, 6) is 0. The highest BCUT2D eigenvalue weighted by atomic mass is 79.9. The van der Waals surface area contributed by atoms with Crippen LogP contribution in [-0.4, -0.2) is 11.5 Å². The predicted octanol–water partition coefficient (Wildman–Crippen LogP) is 4.32. The number of nitro benzene ring substituents is 1. The molecule has 0 heterocycles. The van der Waals surface area contributed by atoms with Gasteiger partial charge in [0.2, 0.25) is 0 Å². The van der Waals surface area contributed by atoms with E-state index in [2.05, 4.69) is 21.2 Å². The third-order valence-electron chi connectivity index (χ3n) is 3.09. The Morgan fingerprint density at radius 3 is 2.70 bits per heavy atom. The maximum atomic E-state index is 10.9. The van der Waals surface area contributed by atoms with Crippen molar-refractivity contribution in [3.63, 3.8) is 0 Å². The molecule has 0 aliphatic rings. The van der Waals surface area contributed by atoms with Gasteiger partial charge in [0, 0.05) is 28.3 Å². The van der Waals surface area contributed by atoms with Crippen LogP contribution in [-0.2, 0) is 6.42 Å². The van der Waals surface area contributed by atoms with E-state index in [9.17, 15) is 10.1 Å². The molecule has 0 aliphatic heterocycles. The molecule has 2 aromatic carbocycles. The van der Waals surface area contributed by atoms with Gasteiger partial charge in [0.25, 0.3) is 5.69 Å². The number of para-hydroxylation sites is 1. The molecule has 0 saturated carbocycles. The van der Waals surface area contributed by atoms with Gasteiger partial charge in [-0.1, -0.05) is 34.1 Å². The molecular weight excluding hydrogens is 320 g/mol. The van der Waals surface area contributed by atoms with Crippen molar-refractivity contribution in [2.45, 2.75) is 13.3 Å². The molecular formula is C15H15BrN2O2. The molecule has 104 valence electrons. The van der Waals surface area contributed by atoms with Crippen molar-refractivity contribution in [3.05, 3.63) is 68.2 Å². The van der Waals surface area contributed by atoms with E-state index in [1.807, 2.05) is 31.2 Å². The zero-order valence-corrected chi connectivity index (χ0v) is 12.7. The smallest absolute Gasteiger partial charge is 0.272 e. The van der Waals surface area contributed by atoms with Crippen molar-refractivity contribution in [2.24, 2.45) is 0 Å². The van der Waals surface area contributed by atoms with E-state index in [0.29, 0.717) is 13.0 Å². The maximum Gasteiger partial charge on any atom is 0.272 e. The van der Waals surface area contributed by atoms with E-state index >= 15 is 0 Å². The molecule has 2 aromatic rings. The third-order valence-corrected chi connectivity index (χ3v) is 3.58. The Bertz CT molecular complexity index is 629. The fraction of sp³-hybridized carbons (Fsp3) is 0.200. The number of hydrogen-bond acceptors (Lipinski definition) is 3. The highest BCUT2D eigenvalue weighted by molar-refractivity contribution is 9.10. The molecule has 1 N–H and O–H groups in total. The summed E-state index contributed by atoms with van der Waals surface area (Å²) in [5, 5.41) is 14.2. The lowest BCUT2D eigenvalue weighted by Gasteiger charge is -2.10. The van der Waals surface area contributed by atoms with Crippen molar-refractivity contribution >= 4 is 27.3 Å². The number of nitrogens with one attached hydrogen (secondary N) is 1. The van der Waals surface area contributed by atoms with Crippen LogP contribution in [0.5, 0.6) is 0 Å². The van der Waals surface area contributed by atoms with Gasteiger partial charge in [0.15, 0.2) is 0 Å². The van der Waals surface area contributed by atoms with Gasteiger partial charge >= 0.3 is 0 Å². The van der Waals surface area contributed by atoms with Crippen molar-refractivity contribution in [2.75, 3.05) is 11.9 Å². The van der Waals surface area contributed by atoms with Gasteiger partial charge in [-0.05, 0) is 37.1 Å². The molecule has 0 fully saturated rings. The highest BCUT2D eigenvalue weighted by Gasteiger charge is 2.11. The normalized spacial score (nSPS) is 10.3. The van der Waals surface area contributed by atoms with Crippen molar-refractivity contribution in [1.82, 2.24) is 0 Å². The lowest BCUT2D eigenvalue weighted by atomic mass is 10.1. The average molecular weight is 335 g/mol. The van der Waals surface area contributed by atoms with Crippen LogP contribution in [0.4, 0.5) is 11.4 Å². The van der Waals surface area contributed by atoms with E-state index in [4.69, 9.17) is 0 Å². The van der Waals surface area contributed by atoms with Crippen LogP contribution in [0.3, 0.4) is 0 Å². The first-order valence-electron chi connectivity index (χ1n) is 6.30. The van der Waals surface area contributed by atoms with Crippen LogP contribution in [0, 0.1) is 17.0 Å². The Morgan fingerprint density at radius 2 is 2.00 bits per heavy atom. The van der Waals surface area contributed by atoms with Crippen LogP contribution in [0.2, 0.25) is 0 Å².